The Morgan fingerprint density at radius 1 is 1.00 bits per heavy atom. The van der Waals surface area contributed by atoms with Crippen molar-refractivity contribution < 1.29 is 9.47 Å². The first kappa shape index (κ1) is 18.3. The lowest BCUT2D eigenvalue weighted by Gasteiger charge is -2.20. The van der Waals surface area contributed by atoms with Crippen LogP contribution in [0.2, 0.25) is 0 Å². The van der Waals surface area contributed by atoms with Gasteiger partial charge in [0.2, 0.25) is 0 Å². The first-order chi connectivity index (χ1) is 9.70. The summed E-state index contributed by atoms with van der Waals surface area (Å²) in [6, 6.07) is 8.28. The third kappa shape index (κ3) is 6.71. The SMILES string of the molecule is CC(COc1ccc(C(C)(C)C)cc1)OCC(Cl)C(C)C. The van der Waals surface area contributed by atoms with E-state index in [9.17, 15) is 0 Å². The average molecular weight is 313 g/mol. The van der Waals surface area contributed by atoms with Crippen molar-refractivity contribution in [3.05, 3.63) is 29.8 Å². The van der Waals surface area contributed by atoms with Crippen LogP contribution in [-0.4, -0.2) is 24.7 Å². The highest BCUT2D eigenvalue weighted by molar-refractivity contribution is 6.20. The number of hydrogen-bond donors (Lipinski definition) is 0. The van der Waals surface area contributed by atoms with Crippen molar-refractivity contribution in [1.29, 1.82) is 0 Å². The molecule has 0 heterocycles. The van der Waals surface area contributed by atoms with Gasteiger partial charge in [-0.3, -0.25) is 0 Å². The molecular weight excluding hydrogens is 284 g/mol. The Bertz CT molecular complexity index is 406. The molecule has 1 aromatic rings. The van der Waals surface area contributed by atoms with Crippen molar-refractivity contribution >= 4 is 11.6 Å². The van der Waals surface area contributed by atoms with Gasteiger partial charge in [-0.25, -0.2) is 0 Å². The smallest absolute Gasteiger partial charge is 0.119 e. The third-order valence-electron chi connectivity index (χ3n) is 3.47. The molecule has 0 aliphatic carbocycles. The fourth-order valence-corrected chi connectivity index (χ4v) is 1.83. The summed E-state index contributed by atoms with van der Waals surface area (Å²) in [5.41, 5.74) is 1.47. The number of rotatable bonds is 7. The number of ether oxygens (including phenoxy) is 2. The zero-order valence-corrected chi connectivity index (χ0v) is 14.9. The minimum Gasteiger partial charge on any atom is -0.491 e. The molecule has 3 heteroatoms. The van der Waals surface area contributed by atoms with Crippen molar-refractivity contribution in [3.8, 4) is 5.75 Å². The van der Waals surface area contributed by atoms with E-state index in [4.69, 9.17) is 21.1 Å². The van der Waals surface area contributed by atoms with E-state index in [1.807, 2.05) is 19.1 Å². The zero-order valence-electron chi connectivity index (χ0n) is 14.2. The Balaban J connectivity index is 2.38. The number of benzene rings is 1. The van der Waals surface area contributed by atoms with Crippen LogP contribution < -0.4 is 4.74 Å². The number of alkyl halides is 1. The van der Waals surface area contributed by atoms with Gasteiger partial charge in [-0.15, -0.1) is 11.6 Å². The minimum absolute atomic E-state index is 0.0345. The molecule has 0 aliphatic heterocycles. The van der Waals surface area contributed by atoms with Crippen LogP contribution in [0.5, 0.6) is 5.75 Å². The highest BCUT2D eigenvalue weighted by Gasteiger charge is 2.14. The van der Waals surface area contributed by atoms with Crippen LogP contribution in [-0.2, 0) is 10.2 Å². The van der Waals surface area contributed by atoms with Gasteiger partial charge in [-0.05, 0) is 36.0 Å². The Kier molecular flexibility index (Phi) is 7.02. The van der Waals surface area contributed by atoms with Crippen LogP contribution in [0.25, 0.3) is 0 Å². The second-order valence-corrected chi connectivity index (χ2v) is 7.55. The summed E-state index contributed by atoms with van der Waals surface area (Å²) in [7, 11) is 0. The van der Waals surface area contributed by atoms with Crippen LogP contribution >= 0.6 is 11.6 Å². The van der Waals surface area contributed by atoms with E-state index in [1.165, 1.54) is 5.56 Å². The lowest BCUT2D eigenvalue weighted by atomic mass is 9.87. The van der Waals surface area contributed by atoms with E-state index in [2.05, 4.69) is 46.8 Å². The second-order valence-electron chi connectivity index (χ2n) is 6.99. The van der Waals surface area contributed by atoms with Crippen molar-refractivity contribution in [2.75, 3.05) is 13.2 Å². The molecule has 1 aromatic carbocycles. The number of halogens is 1. The van der Waals surface area contributed by atoms with Crippen LogP contribution in [0.4, 0.5) is 0 Å². The van der Waals surface area contributed by atoms with Gasteiger partial charge in [0, 0.05) is 0 Å². The summed E-state index contributed by atoms with van der Waals surface area (Å²) in [4.78, 5) is 0. The minimum atomic E-state index is 0.0345. The topological polar surface area (TPSA) is 18.5 Å². The molecule has 2 nitrogen and oxygen atoms in total. The van der Waals surface area contributed by atoms with Crippen LogP contribution in [0.15, 0.2) is 24.3 Å². The molecule has 2 unspecified atom stereocenters. The maximum absolute atomic E-state index is 6.17. The van der Waals surface area contributed by atoms with Gasteiger partial charge < -0.3 is 9.47 Å². The summed E-state index contributed by atoms with van der Waals surface area (Å²) in [5, 5.41) is 0.0542. The molecule has 0 bridgehead atoms. The van der Waals surface area contributed by atoms with Crippen molar-refractivity contribution in [3.63, 3.8) is 0 Å². The second kappa shape index (κ2) is 8.05. The normalized spacial score (nSPS) is 15.0. The lowest BCUT2D eigenvalue weighted by Crippen LogP contribution is -2.24. The summed E-state index contributed by atoms with van der Waals surface area (Å²) >= 11 is 6.17. The molecule has 0 saturated carbocycles. The molecule has 0 amide bonds. The van der Waals surface area contributed by atoms with E-state index in [0.717, 1.165) is 5.75 Å². The van der Waals surface area contributed by atoms with Crippen LogP contribution in [0, 0.1) is 5.92 Å². The molecule has 0 radical (unpaired) electrons. The Morgan fingerprint density at radius 2 is 1.57 bits per heavy atom. The summed E-state index contributed by atoms with van der Waals surface area (Å²) in [6.07, 6.45) is 0.0345. The first-order valence-corrected chi connectivity index (χ1v) is 8.13. The van der Waals surface area contributed by atoms with Gasteiger partial charge in [0.15, 0.2) is 0 Å². The molecule has 0 saturated heterocycles. The third-order valence-corrected chi connectivity index (χ3v) is 4.10. The standard InChI is InChI=1S/C18H29ClO2/c1-13(2)17(19)12-20-14(3)11-21-16-9-7-15(8-10-16)18(4,5)6/h7-10,13-14,17H,11-12H2,1-6H3. The van der Waals surface area contributed by atoms with Gasteiger partial charge in [-0.2, -0.15) is 0 Å². The molecular formula is C18H29ClO2. The molecule has 0 spiro atoms. The maximum atomic E-state index is 6.17. The summed E-state index contributed by atoms with van der Waals surface area (Å²) < 4.78 is 11.5. The first-order valence-electron chi connectivity index (χ1n) is 7.69. The Morgan fingerprint density at radius 3 is 2.05 bits per heavy atom. The molecule has 1 rings (SSSR count). The van der Waals surface area contributed by atoms with Crippen molar-refractivity contribution in [2.24, 2.45) is 5.92 Å². The molecule has 0 N–H and O–H groups in total. The molecule has 120 valence electrons. The van der Waals surface area contributed by atoms with E-state index < -0.39 is 0 Å². The number of hydrogen-bond acceptors (Lipinski definition) is 2. The summed E-state index contributed by atoms with van der Waals surface area (Å²) in [5.74, 6) is 1.30. The summed E-state index contributed by atoms with van der Waals surface area (Å²) in [6.45, 7) is 13.9. The molecule has 0 aliphatic rings. The van der Waals surface area contributed by atoms with E-state index in [0.29, 0.717) is 19.1 Å². The predicted molar refractivity (Wildman–Crippen MR) is 90.5 cm³/mol. The highest BCUT2D eigenvalue weighted by atomic mass is 35.5. The monoisotopic (exact) mass is 312 g/mol. The maximum Gasteiger partial charge on any atom is 0.119 e. The van der Waals surface area contributed by atoms with Crippen LogP contribution in [0.3, 0.4) is 0 Å². The van der Waals surface area contributed by atoms with Gasteiger partial charge in [0.25, 0.3) is 0 Å². The highest BCUT2D eigenvalue weighted by Crippen LogP contribution is 2.24. The largest absolute Gasteiger partial charge is 0.491 e. The lowest BCUT2D eigenvalue weighted by molar-refractivity contribution is 0.0286. The van der Waals surface area contributed by atoms with Crippen LogP contribution in [0.1, 0.15) is 47.1 Å². The quantitative estimate of drug-likeness (QED) is 0.657. The average Bonchev–Trinajstić information content (AvgIpc) is 2.41. The Labute approximate surface area is 134 Å². The van der Waals surface area contributed by atoms with Gasteiger partial charge in [0.1, 0.15) is 12.4 Å². The van der Waals surface area contributed by atoms with Gasteiger partial charge in [0.05, 0.1) is 18.1 Å². The Hall–Kier alpha value is -0.730. The predicted octanol–water partition coefficient (Wildman–Crippen LogP) is 5.03. The van der Waals surface area contributed by atoms with E-state index in [-0.39, 0.29) is 16.9 Å². The van der Waals surface area contributed by atoms with Crippen molar-refractivity contribution in [1.82, 2.24) is 0 Å². The van der Waals surface area contributed by atoms with E-state index in [1.54, 1.807) is 0 Å². The van der Waals surface area contributed by atoms with Gasteiger partial charge >= 0.3 is 0 Å². The fourth-order valence-electron chi connectivity index (χ4n) is 1.76. The molecule has 21 heavy (non-hydrogen) atoms. The molecule has 0 aromatic heterocycles. The molecule has 0 fully saturated rings. The fraction of sp³-hybridized carbons (Fsp3) is 0.667. The van der Waals surface area contributed by atoms with Crippen molar-refractivity contribution in [2.45, 2.75) is 58.4 Å². The van der Waals surface area contributed by atoms with Gasteiger partial charge in [-0.1, -0.05) is 46.8 Å². The van der Waals surface area contributed by atoms with E-state index >= 15 is 0 Å². The molecule has 2 atom stereocenters. The zero-order chi connectivity index (χ0) is 16.0.